The predicted molar refractivity (Wildman–Crippen MR) is 82.7 cm³/mol. The second-order valence-corrected chi connectivity index (χ2v) is 6.54. The summed E-state index contributed by atoms with van der Waals surface area (Å²) in [5.74, 6) is 0. The predicted octanol–water partition coefficient (Wildman–Crippen LogP) is 3.72. The molecule has 0 fully saturated rings. The molecule has 0 saturated heterocycles. The number of likely N-dealkylation sites (N-methyl/N-ethyl adjacent to an activating group) is 1. The van der Waals surface area contributed by atoms with Gasteiger partial charge < -0.3 is 14.4 Å². The molecule has 1 unspecified atom stereocenters. The Labute approximate surface area is 133 Å². The first-order chi connectivity index (χ1) is 9.03. The average molecular weight is 407 g/mol. The lowest BCUT2D eigenvalue weighted by atomic mass is 10.1. The molecular formula is C13H24F2INO3. The largest absolute Gasteiger partial charge is 0.444 e. The van der Waals surface area contributed by atoms with Crippen molar-refractivity contribution in [1.82, 2.24) is 4.90 Å². The Morgan fingerprint density at radius 2 is 1.85 bits per heavy atom. The molecule has 0 N–H and O–H groups in total. The maximum atomic E-state index is 12.3. The van der Waals surface area contributed by atoms with Crippen molar-refractivity contribution in [2.24, 2.45) is 0 Å². The van der Waals surface area contributed by atoms with E-state index in [1.807, 2.05) is 6.92 Å². The molecule has 7 heteroatoms. The molecule has 0 aromatic heterocycles. The minimum absolute atomic E-state index is 0.216. The van der Waals surface area contributed by atoms with Gasteiger partial charge in [0.25, 0.3) is 6.43 Å². The zero-order valence-electron chi connectivity index (χ0n) is 12.7. The molecule has 20 heavy (non-hydrogen) atoms. The Morgan fingerprint density at radius 1 is 1.30 bits per heavy atom. The molecule has 0 heterocycles. The third-order valence-corrected chi connectivity index (χ3v) is 4.01. The summed E-state index contributed by atoms with van der Waals surface area (Å²) < 4.78 is 35.6. The van der Waals surface area contributed by atoms with Gasteiger partial charge in [0.05, 0.1) is 12.1 Å². The molecule has 0 aromatic rings. The van der Waals surface area contributed by atoms with E-state index in [9.17, 15) is 13.6 Å². The fourth-order valence-corrected chi connectivity index (χ4v) is 1.89. The molecule has 1 amide bonds. The number of carbonyl (C=O) groups excluding carboxylic acids is 1. The van der Waals surface area contributed by atoms with E-state index in [2.05, 4.69) is 22.6 Å². The lowest BCUT2D eigenvalue weighted by molar-refractivity contribution is -0.0795. The monoisotopic (exact) mass is 407 g/mol. The third-order valence-electron chi connectivity index (χ3n) is 2.40. The van der Waals surface area contributed by atoms with Crippen molar-refractivity contribution in [2.75, 3.05) is 24.1 Å². The van der Waals surface area contributed by atoms with E-state index >= 15 is 0 Å². The maximum absolute atomic E-state index is 12.3. The zero-order chi connectivity index (χ0) is 16.0. The summed E-state index contributed by atoms with van der Waals surface area (Å²) in [6.45, 7) is 8.88. The zero-order valence-corrected chi connectivity index (χ0v) is 14.9. The van der Waals surface area contributed by atoms with Crippen LogP contribution in [0.1, 0.15) is 34.6 Å². The second-order valence-electron chi connectivity index (χ2n) is 5.78. The van der Waals surface area contributed by atoms with Crippen LogP contribution in [0.2, 0.25) is 0 Å². The van der Waals surface area contributed by atoms with Crippen LogP contribution >= 0.6 is 22.6 Å². The van der Waals surface area contributed by atoms with Gasteiger partial charge in [0.15, 0.2) is 0 Å². The first-order valence-corrected chi connectivity index (χ1v) is 8.01. The number of rotatable bonds is 7. The summed E-state index contributed by atoms with van der Waals surface area (Å²) in [7, 11) is 0. The van der Waals surface area contributed by atoms with Gasteiger partial charge in [0.1, 0.15) is 12.2 Å². The van der Waals surface area contributed by atoms with Crippen LogP contribution in [0, 0.1) is 0 Å². The number of carbonyl (C=O) groups is 1. The van der Waals surface area contributed by atoms with Crippen molar-refractivity contribution in [3.63, 3.8) is 0 Å². The molecule has 0 rings (SSSR count). The van der Waals surface area contributed by atoms with Gasteiger partial charge in [0, 0.05) is 11.0 Å². The quantitative estimate of drug-likeness (QED) is 0.477. The Hall–Kier alpha value is -0.180. The Balaban J connectivity index is 4.69. The van der Waals surface area contributed by atoms with E-state index in [1.54, 1.807) is 27.7 Å². The number of halogens is 3. The molecule has 4 nitrogen and oxygen atoms in total. The number of amides is 1. The molecule has 0 bridgehead atoms. The standard InChI is InChI=1S/C13H24F2INO3/c1-6-17(11(18)20-12(2,3)4)9-13(5,8-16)19-7-10(14)15/h10H,6-9H2,1-5H3. The first kappa shape index (κ1) is 19.8. The summed E-state index contributed by atoms with van der Waals surface area (Å²) in [5.41, 5.74) is -1.40. The van der Waals surface area contributed by atoms with Crippen LogP contribution in [0.5, 0.6) is 0 Å². The van der Waals surface area contributed by atoms with Crippen molar-refractivity contribution < 1.29 is 23.0 Å². The first-order valence-electron chi connectivity index (χ1n) is 6.49. The Bertz CT molecular complexity index is 310. The van der Waals surface area contributed by atoms with Gasteiger partial charge >= 0.3 is 6.09 Å². The summed E-state index contributed by atoms with van der Waals surface area (Å²) in [4.78, 5) is 13.5. The van der Waals surface area contributed by atoms with Gasteiger partial charge in [0.2, 0.25) is 0 Å². The Morgan fingerprint density at radius 3 is 2.20 bits per heavy atom. The molecule has 0 radical (unpaired) electrons. The smallest absolute Gasteiger partial charge is 0.410 e. The molecule has 0 spiro atoms. The van der Waals surface area contributed by atoms with Crippen molar-refractivity contribution in [3.05, 3.63) is 0 Å². The lowest BCUT2D eigenvalue weighted by Crippen LogP contribution is -2.48. The van der Waals surface area contributed by atoms with Crippen molar-refractivity contribution in [2.45, 2.75) is 52.2 Å². The van der Waals surface area contributed by atoms with E-state index < -0.39 is 30.3 Å². The maximum Gasteiger partial charge on any atom is 0.410 e. The number of nitrogens with zero attached hydrogens (tertiary/aromatic N) is 1. The average Bonchev–Trinajstić information content (AvgIpc) is 2.31. The SMILES string of the molecule is CCN(CC(C)(CI)OCC(F)F)C(=O)OC(C)(C)C. The molecular weight excluding hydrogens is 383 g/mol. The highest BCUT2D eigenvalue weighted by atomic mass is 127. The van der Waals surface area contributed by atoms with Gasteiger partial charge in [-0.2, -0.15) is 0 Å². The molecule has 0 aliphatic carbocycles. The van der Waals surface area contributed by atoms with E-state index in [4.69, 9.17) is 9.47 Å². The number of alkyl halides is 3. The molecule has 0 saturated carbocycles. The molecule has 120 valence electrons. The molecule has 0 aliphatic heterocycles. The van der Waals surface area contributed by atoms with Gasteiger partial charge in [-0.3, -0.25) is 0 Å². The summed E-state index contributed by atoms with van der Waals surface area (Å²) in [6.07, 6.45) is -2.98. The van der Waals surface area contributed by atoms with Gasteiger partial charge in [-0.1, -0.05) is 22.6 Å². The minimum atomic E-state index is -2.52. The molecule has 1 atom stereocenters. The summed E-state index contributed by atoms with van der Waals surface area (Å²) in [6, 6.07) is 0. The summed E-state index contributed by atoms with van der Waals surface area (Å²) in [5, 5.41) is 0. The third kappa shape index (κ3) is 8.18. The number of hydrogen-bond acceptors (Lipinski definition) is 3. The molecule has 0 aromatic carbocycles. The van der Waals surface area contributed by atoms with Crippen LogP contribution in [-0.4, -0.2) is 52.7 Å². The van der Waals surface area contributed by atoms with Crippen LogP contribution in [0.25, 0.3) is 0 Å². The highest BCUT2D eigenvalue weighted by molar-refractivity contribution is 14.1. The highest BCUT2D eigenvalue weighted by Gasteiger charge is 2.31. The fourth-order valence-electron chi connectivity index (χ4n) is 1.43. The van der Waals surface area contributed by atoms with Gasteiger partial charge in [-0.15, -0.1) is 0 Å². The van der Waals surface area contributed by atoms with Crippen molar-refractivity contribution in [1.29, 1.82) is 0 Å². The number of ether oxygens (including phenoxy) is 2. The van der Waals surface area contributed by atoms with Crippen LogP contribution in [0.15, 0.2) is 0 Å². The van der Waals surface area contributed by atoms with Gasteiger partial charge in [-0.25, -0.2) is 13.6 Å². The van der Waals surface area contributed by atoms with Crippen molar-refractivity contribution in [3.8, 4) is 0 Å². The fraction of sp³-hybridized carbons (Fsp3) is 0.923. The summed E-state index contributed by atoms with van der Waals surface area (Å²) >= 11 is 2.07. The normalized spacial score (nSPS) is 15.1. The van der Waals surface area contributed by atoms with Gasteiger partial charge in [-0.05, 0) is 34.6 Å². The second kappa shape index (κ2) is 8.31. The van der Waals surface area contributed by atoms with E-state index in [0.717, 1.165) is 0 Å². The molecule has 0 aliphatic rings. The lowest BCUT2D eigenvalue weighted by Gasteiger charge is -2.34. The minimum Gasteiger partial charge on any atom is -0.444 e. The van der Waals surface area contributed by atoms with E-state index in [0.29, 0.717) is 11.0 Å². The van der Waals surface area contributed by atoms with E-state index in [1.165, 1.54) is 4.90 Å². The van der Waals surface area contributed by atoms with E-state index in [-0.39, 0.29) is 6.54 Å². The van der Waals surface area contributed by atoms with Crippen LogP contribution < -0.4 is 0 Å². The van der Waals surface area contributed by atoms with Crippen LogP contribution in [0.4, 0.5) is 13.6 Å². The van der Waals surface area contributed by atoms with Crippen LogP contribution in [-0.2, 0) is 9.47 Å². The van der Waals surface area contributed by atoms with Crippen molar-refractivity contribution >= 4 is 28.7 Å². The van der Waals surface area contributed by atoms with Crippen LogP contribution in [0.3, 0.4) is 0 Å². The highest BCUT2D eigenvalue weighted by Crippen LogP contribution is 2.19. The Kier molecular flexibility index (Phi) is 8.23. The number of hydrogen-bond donors (Lipinski definition) is 0. The topological polar surface area (TPSA) is 38.8 Å².